The Hall–Kier alpha value is -7.00. The van der Waals surface area contributed by atoms with Crippen LogP contribution in [-0.2, 0) is 41.7 Å². The highest BCUT2D eigenvalue weighted by atomic mass is 16.5. The SMILES string of the molecule is CCCCOc1nc(N)c2c(n1)n(CC#N)c(=O)n2C(=O)NCc1ccc(NC(=O)C(CCCNC(N)=O)NC(=O)C(NC(=O)COCCOCCOCCN=[N+]=[N-])C(C)C)cc1. The molecule has 25 heteroatoms. The van der Waals surface area contributed by atoms with E-state index in [1.54, 1.807) is 38.1 Å². The fourth-order valence-corrected chi connectivity index (χ4v) is 5.67. The molecule has 0 aliphatic heterocycles. The Bertz CT molecular complexity index is 2150. The summed E-state index contributed by atoms with van der Waals surface area (Å²) < 4.78 is 23.2. The van der Waals surface area contributed by atoms with E-state index in [0.717, 1.165) is 22.0 Å². The van der Waals surface area contributed by atoms with Crippen LogP contribution in [0.25, 0.3) is 21.6 Å². The molecule has 3 rings (SSSR count). The molecule has 0 spiro atoms. The number of ether oxygens (including phenoxy) is 4. The van der Waals surface area contributed by atoms with Gasteiger partial charge < -0.3 is 57.0 Å². The summed E-state index contributed by atoms with van der Waals surface area (Å²) in [6, 6.07) is 4.40. The van der Waals surface area contributed by atoms with Crippen LogP contribution in [0.4, 0.5) is 21.1 Å². The summed E-state index contributed by atoms with van der Waals surface area (Å²) in [5.41, 5.74) is 19.5. The van der Waals surface area contributed by atoms with Gasteiger partial charge in [0, 0.05) is 30.2 Å². The molecule has 0 fully saturated rings. The number of azide groups is 1. The third-order valence-corrected chi connectivity index (χ3v) is 8.84. The summed E-state index contributed by atoms with van der Waals surface area (Å²) in [6.07, 6.45) is 1.93. The van der Waals surface area contributed by atoms with E-state index in [2.05, 4.69) is 46.6 Å². The van der Waals surface area contributed by atoms with Crippen LogP contribution in [0.1, 0.15) is 52.0 Å². The largest absolute Gasteiger partial charge is 0.463 e. The lowest BCUT2D eigenvalue weighted by Crippen LogP contribution is -2.55. The third-order valence-electron chi connectivity index (χ3n) is 8.84. The molecule has 342 valence electrons. The average Bonchev–Trinajstić information content (AvgIpc) is 3.53. The molecule has 2 atom stereocenters. The molecule has 2 unspecified atom stereocenters. The average molecular weight is 882 g/mol. The fourth-order valence-electron chi connectivity index (χ4n) is 5.67. The molecule has 0 aliphatic carbocycles. The number of hydrogen-bond donors (Lipinski definition) is 7. The number of primary amides is 1. The van der Waals surface area contributed by atoms with E-state index in [4.69, 9.17) is 35.9 Å². The smallest absolute Gasteiger partial charge is 0.339 e. The van der Waals surface area contributed by atoms with Gasteiger partial charge in [0.05, 0.1) is 45.7 Å². The Balaban J connectivity index is 1.61. The van der Waals surface area contributed by atoms with Gasteiger partial charge in [0.15, 0.2) is 11.5 Å². The van der Waals surface area contributed by atoms with Gasteiger partial charge in [-0.15, -0.1) is 0 Å². The number of carbonyl (C=O) groups excluding carboxylic acids is 5. The van der Waals surface area contributed by atoms with E-state index in [9.17, 15) is 34.0 Å². The molecule has 0 aliphatic rings. The highest BCUT2D eigenvalue weighted by Crippen LogP contribution is 2.21. The molecule has 0 saturated heterocycles. The number of nitrogen functional groups attached to an aromatic ring is 1. The topological polar surface area (TPSA) is 360 Å². The molecular formula is C38H55N15O10. The Morgan fingerprint density at radius 3 is 2.30 bits per heavy atom. The van der Waals surface area contributed by atoms with Gasteiger partial charge in [-0.05, 0) is 48.4 Å². The number of unbranched alkanes of at least 4 members (excludes halogenated alkanes) is 1. The summed E-state index contributed by atoms with van der Waals surface area (Å²) in [4.78, 5) is 88.5. The number of aromatic nitrogens is 4. The van der Waals surface area contributed by atoms with Gasteiger partial charge in [-0.25, -0.2) is 19.0 Å². The van der Waals surface area contributed by atoms with Crippen molar-refractivity contribution in [3.05, 3.63) is 50.8 Å². The lowest BCUT2D eigenvalue weighted by molar-refractivity contribution is -0.134. The van der Waals surface area contributed by atoms with Crippen molar-refractivity contribution >= 4 is 52.5 Å². The van der Waals surface area contributed by atoms with Crippen molar-refractivity contribution in [2.45, 2.75) is 71.6 Å². The molecule has 63 heavy (non-hydrogen) atoms. The quantitative estimate of drug-likeness (QED) is 0.0232. The van der Waals surface area contributed by atoms with Crippen molar-refractivity contribution in [2.24, 2.45) is 16.8 Å². The van der Waals surface area contributed by atoms with Crippen LogP contribution in [0, 0.1) is 17.2 Å². The number of nitrogens with zero attached hydrogens (tertiary/aromatic N) is 8. The zero-order chi connectivity index (χ0) is 46.1. The van der Waals surface area contributed by atoms with E-state index in [1.807, 2.05) is 13.0 Å². The van der Waals surface area contributed by atoms with Gasteiger partial charge in [-0.1, -0.05) is 44.4 Å². The van der Waals surface area contributed by atoms with E-state index in [0.29, 0.717) is 17.9 Å². The minimum Gasteiger partial charge on any atom is -0.463 e. The number of amides is 6. The van der Waals surface area contributed by atoms with Crippen molar-refractivity contribution in [1.82, 2.24) is 40.4 Å². The summed E-state index contributed by atoms with van der Waals surface area (Å²) in [6.45, 7) is 6.36. The zero-order valence-electron chi connectivity index (χ0n) is 35.5. The first-order chi connectivity index (χ1) is 30.3. The Morgan fingerprint density at radius 2 is 1.65 bits per heavy atom. The van der Waals surface area contributed by atoms with Crippen molar-refractivity contribution < 1.29 is 42.9 Å². The summed E-state index contributed by atoms with van der Waals surface area (Å²) in [5, 5.41) is 25.9. The second-order valence-corrected chi connectivity index (χ2v) is 14.0. The first-order valence-electron chi connectivity index (χ1n) is 20.1. The number of imidazole rings is 1. The summed E-state index contributed by atoms with van der Waals surface area (Å²) >= 11 is 0. The molecule has 3 aromatic rings. The van der Waals surface area contributed by atoms with E-state index >= 15 is 0 Å². The van der Waals surface area contributed by atoms with Crippen LogP contribution in [0.3, 0.4) is 0 Å². The monoisotopic (exact) mass is 881 g/mol. The lowest BCUT2D eigenvalue weighted by atomic mass is 10.0. The number of nitriles is 1. The number of rotatable bonds is 28. The highest BCUT2D eigenvalue weighted by Gasteiger charge is 2.29. The molecule has 25 nitrogen and oxygen atoms in total. The van der Waals surface area contributed by atoms with Crippen LogP contribution < -0.4 is 48.5 Å². The normalized spacial score (nSPS) is 11.8. The highest BCUT2D eigenvalue weighted by molar-refractivity contribution is 5.98. The summed E-state index contributed by atoms with van der Waals surface area (Å²) in [7, 11) is 0. The van der Waals surface area contributed by atoms with Crippen molar-refractivity contribution in [1.29, 1.82) is 5.26 Å². The number of urea groups is 1. The summed E-state index contributed by atoms with van der Waals surface area (Å²) in [5.74, 6) is -2.35. The maximum absolute atomic E-state index is 13.6. The fraction of sp³-hybridized carbons (Fsp3) is 0.553. The Morgan fingerprint density at radius 1 is 0.952 bits per heavy atom. The Labute approximate surface area is 362 Å². The van der Waals surface area contributed by atoms with Gasteiger partial charge in [-0.2, -0.15) is 15.2 Å². The molecular weight excluding hydrogens is 827 g/mol. The van der Waals surface area contributed by atoms with Crippen LogP contribution in [0.15, 0.2) is 34.2 Å². The minimum absolute atomic E-state index is 0.0391. The molecule has 2 aromatic heterocycles. The van der Waals surface area contributed by atoms with Gasteiger partial charge in [0.25, 0.3) is 0 Å². The van der Waals surface area contributed by atoms with Crippen LogP contribution in [0.2, 0.25) is 0 Å². The zero-order valence-corrected chi connectivity index (χ0v) is 35.5. The second-order valence-electron chi connectivity index (χ2n) is 14.0. The number of anilines is 2. The molecule has 0 bridgehead atoms. The number of carbonyl (C=O) groups is 5. The molecule has 6 amide bonds. The van der Waals surface area contributed by atoms with Crippen molar-refractivity contribution in [3.63, 3.8) is 0 Å². The van der Waals surface area contributed by atoms with E-state index in [1.165, 1.54) is 0 Å². The molecule has 2 heterocycles. The van der Waals surface area contributed by atoms with Gasteiger partial charge in [0.1, 0.15) is 30.8 Å². The predicted molar refractivity (Wildman–Crippen MR) is 227 cm³/mol. The van der Waals surface area contributed by atoms with Crippen LogP contribution in [0.5, 0.6) is 6.01 Å². The van der Waals surface area contributed by atoms with Crippen molar-refractivity contribution in [3.8, 4) is 12.1 Å². The van der Waals surface area contributed by atoms with Crippen molar-refractivity contribution in [2.75, 3.05) is 70.4 Å². The molecule has 9 N–H and O–H groups in total. The molecule has 1 aromatic carbocycles. The Kier molecular flexibility index (Phi) is 21.6. The second kappa shape index (κ2) is 27.1. The maximum atomic E-state index is 13.6. The first kappa shape index (κ1) is 50.4. The first-order valence-corrected chi connectivity index (χ1v) is 20.1. The van der Waals surface area contributed by atoms with E-state index < -0.39 is 54.1 Å². The molecule has 0 saturated carbocycles. The van der Waals surface area contributed by atoms with Gasteiger partial charge in [-0.3, -0.25) is 19.0 Å². The van der Waals surface area contributed by atoms with E-state index in [-0.39, 0.29) is 101 Å². The van der Waals surface area contributed by atoms with Crippen LogP contribution >= 0.6 is 0 Å². The number of benzene rings is 1. The number of hydrogen-bond acceptors (Lipinski definition) is 15. The van der Waals surface area contributed by atoms with Gasteiger partial charge >= 0.3 is 23.8 Å². The number of fused-ring (bicyclic) bond motifs is 1. The predicted octanol–water partition coefficient (Wildman–Crippen LogP) is 1.01. The van der Waals surface area contributed by atoms with Crippen LogP contribution in [-0.4, -0.2) is 120 Å². The minimum atomic E-state index is -1.10. The molecule has 0 radical (unpaired) electrons. The number of nitrogens with two attached hydrogens (primary N) is 2. The number of nitrogens with one attached hydrogen (secondary N) is 5. The standard InChI is InChI=1S/C38H55N15O10/c1-4-5-16-63-36-49-31(40)30-32(50-36)52(15-12-39)38(59)53(30)37(58)44-22-25-8-10-26(11-9-25)46-33(55)27(7-6-13-43-35(41)57)47-34(56)29(24(2)3)48-28(54)23-62-21-20-61-19-18-60-17-14-45-51-42/h8-11,24,27,29H,4-7,13-23H2,1-3H3,(H,44,58)(H,46,55)(H,47,56)(H,48,54)(H2,40,49,50)(H3,41,43,57). The van der Waals surface area contributed by atoms with Gasteiger partial charge in [0.2, 0.25) is 17.7 Å². The lowest BCUT2D eigenvalue weighted by Gasteiger charge is -2.25. The maximum Gasteiger partial charge on any atom is 0.339 e. The third kappa shape index (κ3) is 16.8.